The first kappa shape index (κ1) is 21.3. The molecule has 2 nitrogen and oxygen atoms in total. The average molecular weight is 446 g/mol. The first-order valence-corrected chi connectivity index (χ1v) is 14.8. The Bertz CT molecular complexity index is 830. The van der Waals surface area contributed by atoms with Crippen LogP contribution in [0.1, 0.15) is 103 Å². The number of allylic oxidation sites excluding steroid dienone is 3. The normalized spacial score (nSPS) is 41.6. The number of ether oxygens (including phenoxy) is 2. The molecule has 3 heteroatoms. The zero-order chi connectivity index (χ0) is 21.8. The molecule has 0 N–H and O–H groups in total. The van der Waals surface area contributed by atoms with Crippen molar-refractivity contribution < 1.29 is 9.47 Å². The van der Waals surface area contributed by atoms with Gasteiger partial charge in [0.15, 0.2) is 6.71 Å². The highest BCUT2D eigenvalue weighted by atomic mass is 16.5. The Hall–Kier alpha value is -0.955. The van der Waals surface area contributed by atoms with Crippen LogP contribution in [0, 0.1) is 17.8 Å². The van der Waals surface area contributed by atoms with Crippen LogP contribution >= 0.6 is 0 Å². The van der Waals surface area contributed by atoms with E-state index in [9.17, 15) is 0 Å². The van der Waals surface area contributed by atoms with E-state index in [1.807, 2.05) is 0 Å². The second kappa shape index (κ2) is 8.92. The lowest BCUT2D eigenvalue weighted by atomic mass is 9.24. The largest absolute Gasteiger partial charge is 0.496 e. The summed E-state index contributed by atoms with van der Waals surface area (Å²) in [4.78, 5) is 0. The molecule has 6 atom stereocenters. The summed E-state index contributed by atoms with van der Waals surface area (Å²) < 4.78 is 13.8. The molecule has 0 radical (unpaired) electrons. The molecule has 0 spiro atoms. The highest BCUT2D eigenvalue weighted by molar-refractivity contribution is 6.71. The van der Waals surface area contributed by atoms with Crippen LogP contribution in [0.15, 0.2) is 35.0 Å². The first-order chi connectivity index (χ1) is 16.3. The highest BCUT2D eigenvalue weighted by Gasteiger charge is 2.55. The van der Waals surface area contributed by atoms with Crippen LogP contribution in [0.3, 0.4) is 0 Å². The lowest BCUT2D eigenvalue weighted by Gasteiger charge is -2.54. The van der Waals surface area contributed by atoms with Crippen molar-refractivity contribution in [2.75, 3.05) is 0 Å². The molecule has 0 amide bonds. The molecule has 0 aromatic rings. The lowest BCUT2D eigenvalue weighted by Crippen LogP contribution is -2.55. The smallest absolute Gasteiger partial charge is 0.195 e. The standard InChI is InChI=1S/C30H43BO2/c1-3-8-20(9-4-1)22-14-16-24-28(18-22)32-26-12-7-13-27-30(26)31(24)25-17-15-23(19-29(25)33-27)21-10-5-2-6-11-21/h14-16,20-22,24-26,28-29H,1-13,17-19H2. The molecule has 5 aliphatic carbocycles. The zero-order valence-electron chi connectivity index (χ0n) is 20.6. The van der Waals surface area contributed by atoms with Crippen LogP contribution in [0.2, 0.25) is 11.6 Å². The van der Waals surface area contributed by atoms with E-state index in [0.29, 0.717) is 36.7 Å². The van der Waals surface area contributed by atoms with Crippen LogP contribution in [0.25, 0.3) is 0 Å². The second-order valence-corrected chi connectivity index (χ2v) is 12.6. The van der Waals surface area contributed by atoms with Gasteiger partial charge >= 0.3 is 0 Å². The molecule has 0 bridgehead atoms. The third-order valence-electron chi connectivity index (χ3n) is 10.9. The molecule has 7 aliphatic rings. The van der Waals surface area contributed by atoms with Gasteiger partial charge in [0.2, 0.25) is 0 Å². The van der Waals surface area contributed by atoms with E-state index in [0.717, 1.165) is 24.2 Å². The van der Waals surface area contributed by atoms with Gasteiger partial charge in [-0.2, -0.15) is 0 Å². The van der Waals surface area contributed by atoms with Crippen molar-refractivity contribution in [1.82, 2.24) is 0 Å². The van der Waals surface area contributed by atoms with Crippen molar-refractivity contribution in [2.45, 2.75) is 133 Å². The summed E-state index contributed by atoms with van der Waals surface area (Å²) in [5, 5.41) is 0. The van der Waals surface area contributed by atoms with Gasteiger partial charge in [0.05, 0.1) is 24.1 Å². The van der Waals surface area contributed by atoms with Crippen molar-refractivity contribution in [1.29, 1.82) is 0 Å². The van der Waals surface area contributed by atoms with Gasteiger partial charge in [-0.25, -0.2) is 0 Å². The molecule has 2 heterocycles. The molecule has 2 aliphatic heterocycles. The molecular formula is C30H43BO2. The monoisotopic (exact) mass is 446 g/mol. The fourth-order valence-electron chi connectivity index (χ4n) is 9.24. The van der Waals surface area contributed by atoms with Crippen LogP contribution in [-0.2, 0) is 9.47 Å². The Morgan fingerprint density at radius 1 is 0.818 bits per heavy atom. The van der Waals surface area contributed by atoms with Crippen molar-refractivity contribution in [3.63, 3.8) is 0 Å². The summed E-state index contributed by atoms with van der Waals surface area (Å²) >= 11 is 0. The Labute approximate surface area is 201 Å². The van der Waals surface area contributed by atoms with E-state index in [4.69, 9.17) is 9.47 Å². The maximum atomic E-state index is 6.94. The number of hydrogen-bond acceptors (Lipinski definition) is 2. The number of fused-ring (bicyclic) bond motifs is 4. The predicted molar refractivity (Wildman–Crippen MR) is 135 cm³/mol. The number of rotatable bonds is 2. The third kappa shape index (κ3) is 3.80. The minimum atomic E-state index is 0.350. The molecule has 1 saturated heterocycles. The van der Waals surface area contributed by atoms with Gasteiger partial charge in [0.25, 0.3) is 0 Å². The molecule has 2 saturated carbocycles. The van der Waals surface area contributed by atoms with Gasteiger partial charge < -0.3 is 9.47 Å². The predicted octanol–water partition coefficient (Wildman–Crippen LogP) is 7.82. The Balaban J connectivity index is 1.17. The van der Waals surface area contributed by atoms with Crippen molar-refractivity contribution in [3.8, 4) is 0 Å². The van der Waals surface area contributed by atoms with Gasteiger partial charge in [-0.05, 0) is 86.2 Å². The van der Waals surface area contributed by atoms with Gasteiger partial charge in [-0.3, -0.25) is 0 Å². The van der Waals surface area contributed by atoms with Crippen LogP contribution in [-0.4, -0.2) is 25.0 Å². The molecule has 3 fully saturated rings. The van der Waals surface area contributed by atoms with E-state index in [1.54, 1.807) is 11.0 Å². The topological polar surface area (TPSA) is 18.5 Å². The maximum absolute atomic E-state index is 6.94. The minimum absolute atomic E-state index is 0.350. The molecule has 6 unspecified atom stereocenters. The molecule has 33 heavy (non-hydrogen) atoms. The van der Waals surface area contributed by atoms with Crippen molar-refractivity contribution in [2.24, 2.45) is 17.8 Å². The molecule has 0 aromatic heterocycles. The SMILES string of the molecule is C1=CC2B3C4=C(CCCC4OC2CC1C1CCCCC1)OC1CC(C2CCCCC2)=CCC31. The fraction of sp³-hybridized carbons (Fsp3) is 0.800. The van der Waals surface area contributed by atoms with E-state index in [1.165, 1.54) is 102 Å². The average Bonchev–Trinajstić information content (AvgIpc) is 2.89. The summed E-state index contributed by atoms with van der Waals surface area (Å²) in [5.74, 6) is 5.15. The zero-order valence-corrected chi connectivity index (χ0v) is 20.6. The Morgan fingerprint density at radius 2 is 1.64 bits per heavy atom. The molecular weight excluding hydrogens is 403 g/mol. The first-order valence-electron chi connectivity index (χ1n) is 14.8. The highest BCUT2D eigenvalue weighted by Crippen LogP contribution is 2.56. The summed E-state index contributed by atoms with van der Waals surface area (Å²) in [6.07, 6.45) is 31.0. The quantitative estimate of drug-likeness (QED) is 0.318. The third-order valence-corrected chi connectivity index (χ3v) is 10.9. The van der Waals surface area contributed by atoms with E-state index < -0.39 is 0 Å². The Kier molecular flexibility index (Phi) is 5.77. The summed E-state index contributed by atoms with van der Waals surface area (Å²) in [6.45, 7) is 0.676. The van der Waals surface area contributed by atoms with Crippen LogP contribution in [0.5, 0.6) is 0 Å². The van der Waals surface area contributed by atoms with Gasteiger partial charge in [-0.1, -0.05) is 62.3 Å². The van der Waals surface area contributed by atoms with E-state index >= 15 is 0 Å². The molecule has 178 valence electrons. The van der Waals surface area contributed by atoms with Crippen LogP contribution in [0.4, 0.5) is 0 Å². The summed E-state index contributed by atoms with van der Waals surface area (Å²) in [5.41, 5.74) is 3.37. The summed E-state index contributed by atoms with van der Waals surface area (Å²) in [6, 6.07) is 0. The van der Waals surface area contributed by atoms with Crippen molar-refractivity contribution in [3.05, 3.63) is 35.0 Å². The molecule has 7 rings (SSSR count). The van der Waals surface area contributed by atoms with E-state index in [2.05, 4.69) is 18.2 Å². The Morgan fingerprint density at radius 3 is 2.48 bits per heavy atom. The molecule has 0 aromatic carbocycles. The van der Waals surface area contributed by atoms with Crippen LogP contribution < -0.4 is 0 Å². The fourth-order valence-corrected chi connectivity index (χ4v) is 9.24. The maximum Gasteiger partial charge on any atom is 0.195 e. The van der Waals surface area contributed by atoms with Crippen molar-refractivity contribution >= 4 is 6.71 Å². The second-order valence-electron chi connectivity index (χ2n) is 12.6. The van der Waals surface area contributed by atoms with Gasteiger partial charge in [-0.15, -0.1) is 0 Å². The number of hydrogen-bond donors (Lipinski definition) is 0. The van der Waals surface area contributed by atoms with Gasteiger partial charge in [0, 0.05) is 12.8 Å². The van der Waals surface area contributed by atoms with E-state index in [-0.39, 0.29) is 0 Å². The summed E-state index contributed by atoms with van der Waals surface area (Å²) in [7, 11) is 0. The minimum Gasteiger partial charge on any atom is -0.496 e. The van der Waals surface area contributed by atoms with Gasteiger partial charge in [0.1, 0.15) is 0 Å². The lowest BCUT2D eigenvalue weighted by molar-refractivity contribution is -0.0360.